The molecule has 1 unspecified atom stereocenters. The maximum absolute atomic E-state index is 12.9. The van der Waals surface area contributed by atoms with Crippen molar-refractivity contribution in [2.24, 2.45) is 0 Å². The third kappa shape index (κ3) is 8.32. The predicted octanol–water partition coefficient (Wildman–Crippen LogP) is 2.17. The predicted molar refractivity (Wildman–Crippen MR) is 140 cm³/mol. The number of carbonyl (C=O) groups excluding carboxylic acids is 1. The Morgan fingerprint density at radius 2 is 2.00 bits per heavy atom. The number of morpholine rings is 1. The van der Waals surface area contributed by atoms with Crippen LogP contribution in [0.4, 0.5) is 0 Å². The molecule has 2 N–H and O–H groups in total. The molecule has 0 bridgehead atoms. The van der Waals surface area contributed by atoms with Gasteiger partial charge in [-0.3, -0.25) is 14.6 Å². The number of nitrogens with one attached hydrogen (secondary N) is 1. The van der Waals surface area contributed by atoms with Crippen molar-refractivity contribution < 1.29 is 24.1 Å². The summed E-state index contributed by atoms with van der Waals surface area (Å²) in [7, 11) is 0. The fourth-order valence-electron chi connectivity index (χ4n) is 3.98. The van der Waals surface area contributed by atoms with E-state index in [1.807, 2.05) is 20.8 Å². The lowest BCUT2D eigenvalue weighted by molar-refractivity contribution is -0.0576. The average Bonchev–Trinajstić information content (AvgIpc) is 3.12. The number of aromatic nitrogens is 2. The molecule has 2 aromatic rings. The summed E-state index contributed by atoms with van der Waals surface area (Å²) in [5.41, 5.74) is -0.0416. The van der Waals surface area contributed by atoms with Gasteiger partial charge in [0.05, 0.1) is 49.6 Å². The highest BCUT2D eigenvalue weighted by Gasteiger charge is 2.23. The highest BCUT2D eigenvalue weighted by atomic mass is 32.1. The molecule has 202 valence electrons. The number of esters is 1. The largest absolute Gasteiger partial charge is 0.459 e. The van der Waals surface area contributed by atoms with Gasteiger partial charge in [0, 0.05) is 32.7 Å². The third-order valence-corrected chi connectivity index (χ3v) is 6.93. The van der Waals surface area contributed by atoms with Crippen LogP contribution in [-0.2, 0) is 20.8 Å². The Balaban J connectivity index is 1.78. The number of H-pyrrole nitrogens is 1. The Morgan fingerprint density at radius 1 is 1.31 bits per heavy atom. The molecule has 1 fully saturated rings. The second-order valence-electron chi connectivity index (χ2n) is 10.5. The fourth-order valence-corrected chi connectivity index (χ4v) is 5.06. The smallest absolute Gasteiger partial charge is 0.348 e. The number of thiophene rings is 1. The van der Waals surface area contributed by atoms with E-state index < -0.39 is 12.1 Å². The highest BCUT2D eigenvalue weighted by Crippen LogP contribution is 2.28. The van der Waals surface area contributed by atoms with E-state index in [1.54, 1.807) is 20.8 Å². The first kappa shape index (κ1) is 28.7. The Bertz CT molecular complexity index is 1070. The van der Waals surface area contributed by atoms with Gasteiger partial charge in [0.15, 0.2) is 0 Å². The van der Waals surface area contributed by atoms with Gasteiger partial charge >= 0.3 is 5.97 Å². The van der Waals surface area contributed by atoms with Crippen LogP contribution in [0.2, 0.25) is 0 Å². The van der Waals surface area contributed by atoms with Gasteiger partial charge in [-0.1, -0.05) is 0 Å². The van der Waals surface area contributed by atoms with Crippen LogP contribution in [0, 0.1) is 6.92 Å². The molecule has 3 rings (SSSR count). The summed E-state index contributed by atoms with van der Waals surface area (Å²) in [6, 6.07) is 0. The first-order valence-electron chi connectivity index (χ1n) is 12.5. The maximum atomic E-state index is 12.9. The van der Waals surface area contributed by atoms with E-state index in [9.17, 15) is 14.7 Å². The number of aromatic amines is 1. The number of fused-ring (bicyclic) bond motifs is 1. The second kappa shape index (κ2) is 12.6. The summed E-state index contributed by atoms with van der Waals surface area (Å²) in [5, 5.41) is 11.1. The number of aryl methyl sites for hydroxylation is 1. The molecule has 0 saturated carbocycles. The molecule has 36 heavy (non-hydrogen) atoms. The molecule has 1 atom stereocenters. The van der Waals surface area contributed by atoms with E-state index >= 15 is 0 Å². The van der Waals surface area contributed by atoms with Crippen molar-refractivity contribution in [3.63, 3.8) is 0 Å². The summed E-state index contributed by atoms with van der Waals surface area (Å²) in [5.74, 6) is 0.0454. The molecule has 0 radical (unpaired) electrons. The lowest BCUT2D eigenvalue weighted by atomic mass is 10.2. The first-order chi connectivity index (χ1) is 16.9. The summed E-state index contributed by atoms with van der Waals surface area (Å²) in [6.45, 7) is 16.8. The number of carbonyl (C=O) groups is 1. The number of nitrogens with zero attached hydrogens (tertiary/aromatic N) is 3. The molecule has 0 spiro atoms. The van der Waals surface area contributed by atoms with E-state index in [2.05, 4.69) is 19.8 Å². The number of ether oxygens (including phenoxy) is 3. The molecule has 10 nitrogen and oxygen atoms in total. The van der Waals surface area contributed by atoms with Crippen molar-refractivity contribution >= 4 is 27.5 Å². The van der Waals surface area contributed by atoms with Crippen LogP contribution in [0.1, 0.15) is 55.7 Å². The number of aliphatic hydroxyl groups is 1. The summed E-state index contributed by atoms with van der Waals surface area (Å²) < 4.78 is 16.5. The van der Waals surface area contributed by atoms with E-state index in [-0.39, 0.29) is 23.9 Å². The van der Waals surface area contributed by atoms with Gasteiger partial charge in [0.2, 0.25) is 0 Å². The Kier molecular flexibility index (Phi) is 10.0. The van der Waals surface area contributed by atoms with Gasteiger partial charge in [-0.05, 0) is 47.1 Å². The summed E-state index contributed by atoms with van der Waals surface area (Å²) in [6.07, 6.45) is -0.941. The van der Waals surface area contributed by atoms with Crippen LogP contribution in [0.5, 0.6) is 0 Å². The molecule has 1 saturated heterocycles. The Morgan fingerprint density at radius 3 is 2.64 bits per heavy atom. The zero-order valence-corrected chi connectivity index (χ0v) is 23.1. The van der Waals surface area contributed by atoms with Gasteiger partial charge in [0.1, 0.15) is 15.5 Å². The molecule has 1 aliphatic rings. The van der Waals surface area contributed by atoms with Gasteiger partial charge in [0.25, 0.3) is 5.56 Å². The monoisotopic (exact) mass is 524 g/mol. The van der Waals surface area contributed by atoms with Crippen molar-refractivity contribution in [3.8, 4) is 0 Å². The van der Waals surface area contributed by atoms with E-state index in [0.29, 0.717) is 59.3 Å². The van der Waals surface area contributed by atoms with Crippen molar-refractivity contribution in [1.82, 2.24) is 19.8 Å². The van der Waals surface area contributed by atoms with Gasteiger partial charge < -0.3 is 24.3 Å². The normalized spacial score (nSPS) is 16.2. The molecule has 1 aliphatic heterocycles. The topological polar surface area (TPSA) is 117 Å². The van der Waals surface area contributed by atoms with Gasteiger partial charge in [-0.2, -0.15) is 0 Å². The minimum Gasteiger partial charge on any atom is -0.459 e. The molecule has 2 aromatic heterocycles. The molecule has 0 aliphatic carbocycles. The first-order valence-corrected chi connectivity index (χ1v) is 13.3. The molecular formula is C25H40N4O6S. The van der Waals surface area contributed by atoms with E-state index in [0.717, 1.165) is 19.6 Å². The third-order valence-electron chi connectivity index (χ3n) is 5.76. The second-order valence-corrected chi connectivity index (χ2v) is 11.5. The van der Waals surface area contributed by atoms with Crippen LogP contribution in [-0.4, -0.2) is 101 Å². The highest BCUT2D eigenvalue weighted by molar-refractivity contribution is 7.20. The molecule has 0 amide bonds. The lowest BCUT2D eigenvalue weighted by Gasteiger charge is -2.31. The zero-order valence-electron chi connectivity index (χ0n) is 22.3. The Hall–Kier alpha value is -1.89. The van der Waals surface area contributed by atoms with Crippen molar-refractivity contribution in [2.75, 3.05) is 52.5 Å². The molecule has 11 heteroatoms. The van der Waals surface area contributed by atoms with Crippen LogP contribution < -0.4 is 5.56 Å². The molecule has 3 heterocycles. The Labute approximate surface area is 216 Å². The molecular weight excluding hydrogens is 484 g/mol. The van der Waals surface area contributed by atoms with Gasteiger partial charge in [-0.25, -0.2) is 9.78 Å². The number of rotatable bonds is 11. The summed E-state index contributed by atoms with van der Waals surface area (Å²) >= 11 is 1.17. The molecule has 0 aromatic carbocycles. The standard InChI is InChI=1S/C25H40N4O6S/c1-16(2)35-24(32)21-17(3)20-22(31)26-19(27-23(20)36-21)14-29(8-7-28-9-11-33-12-10-28)13-18(30)15-34-25(4,5)6/h16,18,30H,7-15H2,1-6H3,(H,26,27,31). The minimum absolute atomic E-state index is 0.214. The van der Waals surface area contributed by atoms with Crippen LogP contribution >= 0.6 is 11.3 Å². The van der Waals surface area contributed by atoms with Crippen LogP contribution in [0.15, 0.2) is 4.79 Å². The minimum atomic E-state index is -0.689. The van der Waals surface area contributed by atoms with Crippen LogP contribution in [0.3, 0.4) is 0 Å². The van der Waals surface area contributed by atoms with Crippen molar-refractivity contribution in [3.05, 3.63) is 26.6 Å². The maximum Gasteiger partial charge on any atom is 0.348 e. The number of hydrogen-bond donors (Lipinski definition) is 2. The number of aliphatic hydroxyl groups excluding tert-OH is 1. The fraction of sp³-hybridized carbons (Fsp3) is 0.720. The van der Waals surface area contributed by atoms with Crippen molar-refractivity contribution in [2.45, 2.75) is 65.9 Å². The van der Waals surface area contributed by atoms with Crippen LogP contribution in [0.25, 0.3) is 10.2 Å². The SMILES string of the molecule is Cc1c(C(=O)OC(C)C)sc2nc(CN(CCN3CCOCC3)CC(O)COC(C)(C)C)[nH]c(=O)c12. The zero-order chi connectivity index (χ0) is 26.5. The number of hydrogen-bond acceptors (Lipinski definition) is 10. The lowest BCUT2D eigenvalue weighted by Crippen LogP contribution is -2.44. The van der Waals surface area contributed by atoms with E-state index in [1.165, 1.54) is 11.3 Å². The quantitative estimate of drug-likeness (QED) is 0.427. The average molecular weight is 525 g/mol. The van der Waals surface area contributed by atoms with Crippen molar-refractivity contribution in [1.29, 1.82) is 0 Å². The summed E-state index contributed by atoms with van der Waals surface area (Å²) in [4.78, 5) is 38.3. The van der Waals surface area contributed by atoms with Gasteiger partial charge in [-0.15, -0.1) is 11.3 Å². The van der Waals surface area contributed by atoms with E-state index in [4.69, 9.17) is 14.2 Å².